The van der Waals surface area contributed by atoms with Gasteiger partial charge in [-0.2, -0.15) is 0 Å². The average molecular weight is 368 g/mol. The molecule has 1 unspecified atom stereocenters. The maximum absolute atomic E-state index is 6.51. The third-order valence-corrected chi connectivity index (χ3v) is 13.0. The molecular weight excluding hydrogens is 354 g/mol. The van der Waals surface area contributed by atoms with Crippen LogP contribution in [0, 0.1) is 0 Å². The van der Waals surface area contributed by atoms with Gasteiger partial charge in [0.15, 0.2) is 0 Å². The molecule has 100 valence electrons. The Kier molecular flexibility index (Phi) is 3.42. The van der Waals surface area contributed by atoms with Crippen LogP contribution in [-0.2, 0) is 17.1 Å². The van der Waals surface area contributed by atoms with Gasteiger partial charge < -0.3 is 0 Å². The molecule has 1 aliphatic rings. The van der Waals surface area contributed by atoms with Crippen LogP contribution in [0.3, 0.4) is 0 Å². The van der Waals surface area contributed by atoms with Crippen molar-refractivity contribution in [3.63, 3.8) is 0 Å². The van der Waals surface area contributed by atoms with E-state index in [1.807, 2.05) is 11.3 Å². The van der Waals surface area contributed by atoms with Gasteiger partial charge in [0, 0.05) is 0 Å². The molecule has 0 radical (unpaired) electrons. The van der Waals surface area contributed by atoms with Gasteiger partial charge in [-0.1, -0.05) is 0 Å². The first kappa shape index (κ1) is 14.4. The predicted octanol–water partition coefficient (Wildman–Crippen LogP) is 6.54. The molecule has 5 heteroatoms. The van der Waals surface area contributed by atoms with Gasteiger partial charge in [0.2, 0.25) is 0 Å². The number of halogens is 3. The molecule has 1 aliphatic carbocycles. The van der Waals surface area contributed by atoms with E-state index in [2.05, 4.69) is 45.0 Å². The minimum absolute atomic E-state index is 0.371. The van der Waals surface area contributed by atoms with Gasteiger partial charge in [-0.3, -0.25) is 0 Å². The molecular formula is C14H13Cl3STi. The first-order valence-corrected chi connectivity index (χ1v) is 14.1. The van der Waals surface area contributed by atoms with Gasteiger partial charge in [-0.25, -0.2) is 0 Å². The molecule has 0 aliphatic heterocycles. The van der Waals surface area contributed by atoms with E-state index in [1.165, 1.54) is 31.7 Å². The van der Waals surface area contributed by atoms with Crippen LogP contribution >= 0.6 is 39.3 Å². The normalized spacial score (nSPS) is 23.3. The molecule has 1 atom stereocenters. The number of allylic oxidation sites excluding steroid dienone is 2. The molecule has 1 aromatic carbocycles. The average Bonchev–Trinajstić information content (AvgIpc) is 2.81. The number of rotatable bonds is 1. The van der Waals surface area contributed by atoms with E-state index < -0.39 is 13.4 Å². The van der Waals surface area contributed by atoms with E-state index in [0.29, 0.717) is 0 Å². The van der Waals surface area contributed by atoms with E-state index in [9.17, 15) is 0 Å². The molecule has 2 aromatic rings. The molecule has 0 nitrogen and oxygen atoms in total. The summed E-state index contributed by atoms with van der Waals surface area (Å²) in [5.41, 5.74) is 3.78. The van der Waals surface area contributed by atoms with Crippen LogP contribution in [0.1, 0.15) is 31.2 Å². The zero-order chi connectivity index (χ0) is 14.0. The Balaban J connectivity index is 2.45. The van der Waals surface area contributed by atoms with Crippen LogP contribution in [0.5, 0.6) is 0 Å². The van der Waals surface area contributed by atoms with Gasteiger partial charge in [0.1, 0.15) is 0 Å². The molecule has 0 saturated heterocycles. The summed E-state index contributed by atoms with van der Waals surface area (Å²) < 4.78 is 0.908. The third kappa shape index (κ3) is 1.83. The molecule has 1 heterocycles. The zero-order valence-corrected chi connectivity index (χ0v) is 15.5. The van der Waals surface area contributed by atoms with E-state index in [0.717, 1.165) is 0 Å². The fraction of sp³-hybridized carbons (Fsp3) is 0.286. The quantitative estimate of drug-likeness (QED) is 0.502. The first-order chi connectivity index (χ1) is 8.78. The van der Waals surface area contributed by atoms with Crippen molar-refractivity contribution in [1.82, 2.24) is 0 Å². The Morgan fingerprint density at radius 3 is 2.37 bits per heavy atom. The van der Waals surface area contributed by atoms with Crippen molar-refractivity contribution in [2.24, 2.45) is 0 Å². The number of hydrogen-bond acceptors (Lipinski definition) is 1. The second kappa shape index (κ2) is 4.50. The van der Waals surface area contributed by atoms with Crippen molar-refractivity contribution in [2.75, 3.05) is 0 Å². The van der Waals surface area contributed by atoms with Crippen LogP contribution in [0.25, 0.3) is 15.7 Å². The van der Waals surface area contributed by atoms with Gasteiger partial charge in [-0.15, -0.1) is 0 Å². The summed E-state index contributed by atoms with van der Waals surface area (Å²) in [5.74, 6) is 0. The Morgan fingerprint density at radius 1 is 1.11 bits per heavy atom. The van der Waals surface area contributed by atoms with Crippen LogP contribution < -0.4 is 0 Å². The second-order valence-electron chi connectivity index (χ2n) is 5.18. The van der Waals surface area contributed by atoms with Gasteiger partial charge in [0.25, 0.3) is 0 Å². The molecule has 0 amide bonds. The summed E-state index contributed by atoms with van der Waals surface area (Å²) in [6, 6.07) is 8.41. The number of fused-ring (bicyclic) bond motifs is 3. The van der Waals surface area contributed by atoms with Crippen molar-refractivity contribution in [3.8, 4) is 0 Å². The number of benzene rings is 1. The van der Waals surface area contributed by atoms with Gasteiger partial charge in [0.05, 0.1) is 0 Å². The number of thiophene rings is 1. The third-order valence-electron chi connectivity index (χ3n) is 4.32. The molecule has 0 spiro atoms. The van der Waals surface area contributed by atoms with Crippen molar-refractivity contribution in [2.45, 2.75) is 24.5 Å². The van der Waals surface area contributed by atoms with Crippen LogP contribution in [0.15, 0.2) is 29.8 Å². The van der Waals surface area contributed by atoms with Crippen molar-refractivity contribution < 1.29 is 13.4 Å². The van der Waals surface area contributed by atoms with Crippen LogP contribution in [-0.4, -0.2) is 0 Å². The Bertz CT molecular complexity index is 711. The maximum atomic E-state index is 6.51. The number of hydrogen-bond donors (Lipinski definition) is 0. The molecule has 0 N–H and O–H groups in total. The molecule has 3 rings (SSSR count). The summed E-state index contributed by atoms with van der Waals surface area (Å²) in [7, 11) is 19.5. The van der Waals surface area contributed by atoms with Gasteiger partial charge in [-0.05, 0) is 0 Å². The van der Waals surface area contributed by atoms with E-state index in [1.54, 1.807) is 0 Å². The molecule has 0 saturated carbocycles. The molecule has 1 aromatic heterocycles. The topological polar surface area (TPSA) is 0 Å². The van der Waals surface area contributed by atoms with Crippen molar-refractivity contribution in [1.29, 1.82) is 0 Å². The second-order valence-corrected chi connectivity index (χ2v) is 18.7. The zero-order valence-electron chi connectivity index (χ0n) is 10.9. The van der Waals surface area contributed by atoms with Crippen molar-refractivity contribution in [3.05, 3.63) is 40.3 Å². The summed E-state index contributed by atoms with van der Waals surface area (Å²) in [5, 5.41) is 1.25. The Hall–Kier alpha value is 0.504. The molecule has 0 fully saturated rings. The molecule has 0 bridgehead atoms. The van der Waals surface area contributed by atoms with Gasteiger partial charge >= 0.3 is 133 Å². The fourth-order valence-electron chi connectivity index (χ4n) is 2.89. The van der Waals surface area contributed by atoms with E-state index in [4.69, 9.17) is 27.9 Å². The predicted molar refractivity (Wildman–Crippen MR) is 85.0 cm³/mol. The van der Waals surface area contributed by atoms with Crippen LogP contribution in [0.4, 0.5) is 0 Å². The van der Waals surface area contributed by atoms with Crippen molar-refractivity contribution >= 4 is 54.9 Å². The summed E-state index contributed by atoms with van der Waals surface area (Å²) in [6.07, 6.45) is 0. The van der Waals surface area contributed by atoms with Crippen LogP contribution in [0.2, 0.25) is 0 Å². The molecule has 19 heavy (non-hydrogen) atoms. The van der Waals surface area contributed by atoms with E-state index >= 15 is 0 Å². The Labute approximate surface area is 132 Å². The fourth-order valence-corrected chi connectivity index (χ4v) is 9.13. The monoisotopic (exact) mass is 366 g/mol. The Morgan fingerprint density at radius 2 is 1.74 bits per heavy atom. The minimum atomic E-state index is -3.47. The summed E-state index contributed by atoms with van der Waals surface area (Å²) >= 11 is -1.66. The standard InChI is InChI=1S/C14H13S.3ClH.Ti/c1-8-9(2)13-11-6-4-5-7-12(11)15-14(13)10(8)3;;;;/h4-7H,1-3H3;3*1H;/q;;;;+3/p-3. The summed E-state index contributed by atoms with van der Waals surface area (Å²) in [6.45, 7) is 6.38. The SMILES string of the molecule is CC1=C(C)[C](C)([Ti]([Cl])([Cl])[Cl])c2c1sc1ccccc21. The summed E-state index contributed by atoms with van der Waals surface area (Å²) in [4.78, 5) is 1.30. The van der Waals surface area contributed by atoms with E-state index in [-0.39, 0.29) is 3.72 Å². The first-order valence-electron chi connectivity index (χ1n) is 6.05.